The molecule has 7 heteroatoms. The van der Waals surface area contributed by atoms with Gasteiger partial charge in [-0.05, 0) is 30.2 Å². The molecule has 2 aliphatic rings. The van der Waals surface area contributed by atoms with Crippen molar-refractivity contribution >= 4 is 21.7 Å². The molecular weight excluding hydrogens is 318 g/mol. The second-order valence-corrected chi connectivity index (χ2v) is 8.77. The van der Waals surface area contributed by atoms with Crippen molar-refractivity contribution in [2.45, 2.75) is 25.3 Å². The summed E-state index contributed by atoms with van der Waals surface area (Å²) in [5, 5.41) is 12.0. The fourth-order valence-electron chi connectivity index (χ4n) is 3.39. The molecule has 1 aliphatic carbocycles. The lowest BCUT2D eigenvalue weighted by atomic mass is 9.95. The first kappa shape index (κ1) is 16.0. The Bertz CT molecular complexity index is 714. The molecule has 1 aliphatic heterocycles. The molecule has 3 rings (SSSR count). The predicted molar refractivity (Wildman–Crippen MR) is 83.4 cm³/mol. The molecule has 1 unspecified atom stereocenters. The fraction of sp³-hybridized carbons (Fsp3) is 0.500. The van der Waals surface area contributed by atoms with Gasteiger partial charge >= 0.3 is 5.97 Å². The first-order valence-corrected chi connectivity index (χ1v) is 9.44. The van der Waals surface area contributed by atoms with E-state index < -0.39 is 21.8 Å². The van der Waals surface area contributed by atoms with Crippen molar-refractivity contribution < 1.29 is 23.1 Å². The summed E-state index contributed by atoms with van der Waals surface area (Å²) in [6.07, 6.45) is 1.64. The van der Waals surface area contributed by atoms with Gasteiger partial charge < -0.3 is 10.4 Å². The molecule has 124 valence electrons. The minimum atomic E-state index is -2.97. The normalized spacial score (nSPS) is 25.5. The Balaban J connectivity index is 1.67. The zero-order chi connectivity index (χ0) is 16.7. The molecule has 1 saturated carbocycles. The number of sulfone groups is 1. The fourth-order valence-corrected chi connectivity index (χ4v) is 5.03. The molecule has 0 bridgehead atoms. The third kappa shape index (κ3) is 3.24. The Morgan fingerprint density at radius 1 is 1.17 bits per heavy atom. The lowest BCUT2D eigenvalue weighted by Crippen LogP contribution is -2.37. The lowest BCUT2D eigenvalue weighted by Gasteiger charge is -2.23. The average Bonchev–Trinajstić information content (AvgIpc) is 3.23. The van der Waals surface area contributed by atoms with Gasteiger partial charge in [-0.2, -0.15) is 0 Å². The smallest absolute Gasteiger partial charge is 0.330 e. The monoisotopic (exact) mass is 337 g/mol. The molecule has 0 radical (unpaired) electrons. The third-order valence-corrected chi connectivity index (χ3v) is 6.65. The van der Waals surface area contributed by atoms with Crippen LogP contribution in [0.3, 0.4) is 0 Å². The summed E-state index contributed by atoms with van der Waals surface area (Å²) in [6.45, 7) is 0. The van der Waals surface area contributed by atoms with Crippen LogP contribution in [0.4, 0.5) is 0 Å². The summed E-state index contributed by atoms with van der Waals surface area (Å²) >= 11 is 0. The number of aliphatic carboxylic acids is 1. The maximum Gasteiger partial charge on any atom is 0.330 e. The quantitative estimate of drug-likeness (QED) is 0.858. The Morgan fingerprint density at radius 3 is 2.35 bits per heavy atom. The molecule has 2 N–H and O–H groups in total. The highest BCUT2D eigenvalue weighted by atomic mass is 32.2. The number of benzene rings is 1. The van der Waals surface area contributed by atoms with Crippen molar-refractivity contribution in [1.29, 1.82) is 0 Å². The number of carboxylic acid groups (broad SMARTS) is 1. The highest BCUT2D eigenvalue weighted by molar-refractivity contribution is 7.91. The average molecular weight is 337 g/mol. The van der Waals surface area contributed by atoms with E-state index in [9.17, 15) is 23.1 Å². The van der Waals surface area contributed by atoms with Gasteiger partial charge in [-0.25, -0.2) is 13.2 Å². The second-order valence-electron chi connectivity index (χ2n) is 6.46. The van der Waals surface area contributed by atoms with Crippen LogP contribution in [0.5, 0.6) is 0 Å². The van der Waals surface area contributed by atoms with Gasteiger partial charge in [-0.15, -0.1) is 0 Å². The molecule has 1 aromatic rings. The van der Waals surface area contributed by atoms with E-state index in [0.29, 0.717) is 24.8 Å². The number of rotatable bonds is 4. The van der Waals surface area contributed by atoms with Crippen molar-refractivity contribution in [1.82, 2.24) is 5.32 Å². The summed E-state index contributed by atoms with van der Waals surface area (Å²) in [4.78, 5) is 23.8. The van der Waals surface area contributed by atoms with E-state index in [1.807, 2.05) is 0 Å². The SMILES string of the molecule is O=C(N[C@H](C(=O)O)c1ccccc1)C1CC12CCS(=O)(=O)CC2. The number of carbonyl (C=O) groups is 2. The maximum atomic E-state index is 12.4. The molecule has 1 amide bonds. The van der Waals surface area contributed by atoms with Crippen LogP contribution < -0.4 is 5.32 Å². The van der Waals surface area contributed by atoms with Crippen molar-refractivity contribution in [2.75, 3.05) is 11.5 Å². The highest BCUT2D eigenvalue weighted by Gasteiger charge is 2.59. The summed E-state index contributed by atoms with van der Waals surface area (Å²) in [5.74, 6) is -1.43. The molecule has 6 nitrogen and oxygen atoms in total. The summed E-state index contributed by atoms with van der Waals surface area (Å²) in [6, 6.07) is 7.48. The van der Waals surface area contributed by atoms with Gasteiger partial charge in [0.2, 0.25) is 5.91 Å². The lowest BCUT2D eigenvalue weighted by molar-refractivity contribution is -0.142. The maximum absolute atomic E-state index is 12.4. The minimum Gasteiger partial charge on any atom is -0.479 e. The zero-order valence-electron chi connectivity index (χ0n) is 12.6. The number of carbonyl (C=O) groups excluding carboxylic acids is 1. The summed E-state index contributed by atoms with van der Waals surface area (Å²) in [5.41, 5.74) is 0.282. The van der Waals surface area contributed by atoms with Crippen LogP contribution in [0.15, 0.2) is 30.3 Å². The minimum absolute atomic E-state index is 0.123. The van der Waals surface area contributed by atoms with E-state index in [4.69, 9.17) is 0 Å². The van der Waals surface area contributed by atoms with E-state index in [0.717, 1.165) is 0 Å². The third-order valence-electron chi connectivity index (χ3n) is 4.99. The van der Waals surface area contributed by atoms with Gasteiger partial charge in [-0.1, -0.05) is 30.3 Å². The Kier molecular flexibility index (Phi) is 3.91. The zero-order valence-corrected chi connectivity index (χ0v) is 13.4. The summed E-state index contributed by atoms with van der Waals surface area (Å²) in [7, 11) is -2.97. The molecule has 0 aromatic heterocycles. The molecular formula is C16H19NO5S. The molecule has 1 saturated heterocycles. The van der Waals surface area contributed by atoms with E-state index in [1.165, 1.54) is 0 Å². The second kappa shape index (κ2) is 5.63. The standard InChI is InChI=1S/C16H19NO5S/c18-14(12-10-16(12)6-8-23(21,22)9-7-16)17-13(15(19)20)11-4-2-1-3-5-11/h1-5,12-13H,6-10H2,(H,17,18)(H,19,20)/t12?,13-/m0/s1. The number of carboxylic acids is 1. The van der Waals surface area contributed by atoms with Crippen LogP contribution in [-0.4, -0.2) is 36.9 Å². The van der Waals surface area contributed by atoms with Crippen molar-refractivity contribution in [3.8, 4) is 0 Å². The first-order valence-electron chi connectivity index (χ1n) is 7.62. The Labute approximate surface area is 134 Å². The number of amides is 1. The Hall–Kier alpha value is -1.89. The van der Waals surface area contributed by atoms with Crippen molar-refractivity contribution in [3.05, 3.63) is 35.9 Å². The van der Waals surface area contributed by atoms with Gasteiger partial charge in [0, 0.05) is 5.92 Å². The molecule has 23 heavy (non-hydrogen) atoms. The topological polar surface area (TPSA) is 101 Å². The summed E-state index contributed by atoms with van der Waals surface area (Å²) < 4.78 is 23.0. The van der Waals surface area contributed by atoms with Crippen LogP contribution in [0.2, 0.25) is 0 Å². The molecule has 2 atom stereocenters. The Morgan fingerprint density at radius 2 is 1.78 bits per heavy atom. The number of nitrogens with one attached hydrogen (secondary N) is 1. The van der Waals surface area contributed by atoms with Crippen LogP contribution in [0.25, 0.3) is 0 Å². The van der Waals surface area contributed by atoms with Crippen LogP contribution in [0, 0.1) is 11.3 Å². The number of hydrogen-bond acceptors (Lipinski definition) is 4. The molecule has 1 spiro atoms. The van der Waals surface area contributed by atoms with E-state index in [2.05, 4.69) is 5.32 Å². The highest BCUT2D eigenvalue weighted by Crippen LogP contribution is 2.59. The molecule has 1 heterocycles. The van der Waals surface area contributed by atoms with Gasteiger partial charge in [0.1, 0.15) is 9.84 Å². The van der Waals surface area contributed by atoms with Crippen LogP contribution in [-0.2, 0) is 19.4 Å². The van der Waals surface area contributed by atoms with Gasteiger partial charge in [0.15, 0.2) is 6.04 Å². The van der Waals surface area contributed by atoms with E-state index in [1.54, 1.807) is 30.3 Å². The molecule has 1 aromatic carbocycles. The van der Waals surface area contributed by atoms with Crippen molar-refractivity contribution in [3.63, 3.8) is 0 Å². The number of hydrogen-bond donors (Lipinski definition) is 2. The predicted octanol–water partition coefficient (Wildman–Crippen LogP) is 1.14. The van der Waals surface area contributed by atoms with Crippen LogP contribution >= 0.6 is 0 Å². The van der Waals surface area contributed by atoms with Crippen LogP contribution in [0.1, 0.15) is 30.9 Å². The van der Waals surface area contributed by atoms with Gasteiger partial charge in [0.25, 0.3) is 0 Å². The largest absolute Gasteiger partial charge is 0.479 e. The molecule has 2 fully saturated rings. The van der Waals surface area contributed by atoms with E-state index in [-0.39, 0.29) is 28.7 Å². The van der Waals surface area contributed by atoms with Crippen molar-refractivity contribution in [2.24, 2.45) is 11.3 Å². The van der Waals surface area contributed by atoms with Gasteiger partial charge in [0.05, 0.1) is 11.5 Å². The first-order chi connectivity index (χ1) is 10.8. The van der Waals surface area contributed by atoms with Gasteiger partial charge in [-0.3, -0.25) is 4.79 Å². The van der Waals surface area contributed by atoms with E-state index >= 15 is 0 Å².